The van der Waals surface area contributed by atoms with Gasteiger partial charge < -0.3 is 15.6 Å². The van der Waals surface area contributed by atoms with E-state index in [2.05, 4.69) is 20.8 Å². The first kappa shape index (κ1) is 14.4. The first-order valence-electron chi connectivity index (χ1n) is 5.54. The van der Waals surface area contributed by atoms with Crippen molar-refractivity contribution in [3.63, 3.8) is 0 Å². The van der Waals surface area contributed by atoms with Crippen molar-refractivity contribution in [2.45, 2.75) is 6.54 Å². The van der Waals surface area contributed by atoms with Gasteiger partial charge in [0.2, 0.25) is 0 Å². The van der Waals surface area contributed by atoms with Crippen LogP contribution in [0.1, 0.15) is 5.56 Å². The van der Waals surface area contributed by atoms with Crippen molar-refractivity contribution < 1.29 is 9.84 Å². The fraction of sp³-hybridized carbons (Fsp3) is 0.500. The summed E-state index contributed by atoms with van der Waals surface area (Å²) in [5.74, 6) is 0. The van der Waals surface area contributed by atoms with Gasteiger partial charge in [-0.15, -0.1) is 0 Å². The summed E-state index contributed by atoms with van der Waals surface area (Å²) < 4.78 is 6.25. The maximum Gasteiger partial charge on any atom is 0.0698 e. The minimum Gasteiger partial charge on any atom is -0.399 e. The number of likely N-dealkylation sites (N-methyl/N-ethyl adjacent to an activating group) is 1. The summed E-state index contributed by atoms with van der Waals surface area (Å²) in [7, 11) is 2.03. The second-order valence-electron chi connectivity index (χ2n) is 3.92. The van der Waals surface area contributed by atoms with E-state index in [1.54, 1.807) is 0 Å². The van der Waals surface area contributed by atoms with Crippen molar-refractivity contribution in [1.29, 1.82) is 0 Å². The quantitative estimate of drug-likeness (QED) is 0.591. The Morgan fingerprint density at radius 2 is 2.18 bits per heavy atom. The van der Waals surface area contributed by atoms with Crippen LogP contribution >= 0.6 is 15.9 Å². The highest BCUT2D eigenvalue weighted by Gasteiger charge is 2.04. The van der Waals surface area contributed by atoms with Gasteiger partial charge in [-0.2, -0.15) is 0 Å². The van der Waals surface area contributed by atoms with Gasteiger partial charge in [-0.3, -0.25) is 4.90 Å². The van der Waals surface area contributed by atoms with Gasteiger partial charge in [0.05, 0.1) is 19.8 Å². The van der Waals surface area contributed by atoms with E-state index < -0.39 is 0 Å². The van der Waals surface area contributed by atoms with Crippen LogP contribution in [0.4, 0.5) is 5.69 Å². The summed E-state index contributed by atoms with van der Waals surface area (Å²) in [4.78, 5) is 2.16. The number of nitrogens with zero attached hydrogens (tertiary/aromatic N) is 1. The van der Waals surface area contributed by atoms with Gasteiger partial charge in [0.15, 0.2) is 0 Å². The van der Waals surface area contributed by atoms with Crippen LogP contribution in [-0.2, 0) is 11.3 Å². The third kappa shape index (κ3) is 5.50. The summed E-state index contributed by atoms with van der Waals surface area (Å²) in [5.41, 5.74) is 7.64. The number of halogens is 1. The van der Waals surface area contributed by atoms with Crippen molar-refractivity contribution in [3.05, 3.63) is 28.2 Å². The Hall–Kier alpha value is -0.620. The van der Waals surface area contributed by atoms with E-state index in [1.807, 2.05) is 25.2 Å². The molecule has 5 heteroatoms. The van der Waals surface area contributed by atoms with Crippen LogP contribution < -0.4 is 5.73 Å². The fourth-order valence-electron chi connectivity index (χ4n) is 1.45. The molecule has 0 heterocycles. The number of aliphatic hydroxyl groups excluding tert-OH is 1. The molecule has 0 saturated heterocycles. The lowest BCUT2D eigenvalue weighted by atomic mass is 10.2. The molecule has 0 saturated carbocycles. The Morgan fingerprint density at radius 3 is 2.82 bits per heavy atom. The predicted octanol–water partition coefficient (Wildman–Crippen LogP) is 1.47. The van der Waals surface area contributed by atoms with Gasteiger partial charge in [0.25, 0.3) is 0 Å². The van der Waals surface area contributed by atoms with Crippen LogP contribution in [0.15, 0.2) is 22.7 Å². The molecule has 0 aliphatic carbocycles. The molecule has 96 valence electrons. The average Bonchev–Trinajstić information content (AvgIpc) is 2.28. The molecule has 0 unspecified atom stereocenters. The molecule has 0 amide bonds. The molecule has 4 nitrogen and oxygen atoms in total. The first-order valence-corrected chi connectivity index (χ1v) is 6.34. The summed E-state index contributed by atoms with van der Waals surface area (Å²) in [6.45, 7) is 2.77. The SMILES string of the molecule is CN(CCOCCO)Cc1ccc(N)cc1Br. The van der Waals surface area contributed by atoms with Crippen molar-refractivity contribution >= 4 is 21.6 Å². The second-order valence-corrected chi connectivity index (χ2v) is 4.78. The minimum atomic E-state index is 0.0766. The lowest BCUT2D eigenvalue weighted by Crippen LogP contribution is -2.23. The van der Waals surface area contributed by atoms with Crippen molar-refractivity contribution in [1.82, 2.24) is 4.90 Å². The third-order valence-corrected chi connectivity index (χ3v) is 3.11. The van der Waals surface area contributed by atoms with Crippen LogP contribution in [0.3, 0.4) is 0 Å². The standard InChI is InChI=1S/C12H19BrN2O2/c1-15(4-6-17-7-5-16)9-10-2-3-11(14)8-12(10)13/h2-3,8,16H,4-7,9,14H2,1H3. The highest BCUT2D eigenvalue weighted by atomic mass is 79.9. The number of anilines is 1. The molecule has 17 heavy (non-hydrogen) atoms. The molecule has 0 aliphatic rings. The molecule has 0 spiro atoms. The number of hydrogen-bond acceptors (Lipinski definition) is 4. The average molecular weight is 303 g/mol. The van der Waals surface area contributed by atoms with Crippen LogP contribution in [0.2, 0.25) is 0 Å². The topological polar surface area (TPSA) is 58.7 Å². The van der Waals surface area contributed by atoms with E-state index in [0.29, 0.717) is 13.2 Å². The predicted molar refractivity (Wildman–Crippen MR) is 72.8 cm³/mol. The normalized spacial score (nSPS) is 11.1. The number of aliphatic hydroxyl groups is 1. The van der Waals surface area contributed by atoms with Crippen LogP contribution in [0, 0.1) is 0 Å². The van der Waals surface area contributed by atoms with Crippen LogP contribution in [0.25, 0.3) is 0 Å². The molecule has 0 aliphatic heterocycles. The Morgan fingerprint density at radius 1 is 1.41 bits per heavy atom. The zero-order valence-corrected chi connectivity index (χ0v) is 11.6. The van der Waals surface area contributed by atoms with E-state index in [0.717, 1.165) is 23.2 Å². The Balaban J connectivity index is 2.37. The molecule has 1 rings (SSSR count). The molecule has 1 aromatic carbocycles. The molecule has 0 aromatic heterocycles. The van der Waals surface area contributed by atoms with Crippen molar-refractivity contribution in [3.8, 4) is 0 Å². The maximum absolute atomic E-state index is 8.57. The highest BCUT2D eigenvalue weighted by Crippen LogP contribution is 2.20. The number of ether oxygens (including phenoxy) is 1. The molecular weight excluding hydrogens is 284 g/mol. The highest BCUT2D eigenvalue weighted by molar-refractivity contribution is 9.10. The largest absolute Gasteiger partial charge is 0.399 e. The Kier molecular flexibility index (Phi) is 6.50. The maximum atomic E-state index is 8.57. The molecule has 0 bridgehead atoms. The molecular formula is C12H19BrN2O2. The number of benzene rings is 1. The number of rotatable bonds is 7. The van der Waals surface area contributed by atoms with Crippen LogP contribution in [-0.4, -0.2) is 43.4 Å². The van der Waals surface area contributed by atoms with Crippen LogP contribution in [0.5, 0.6) is 0 Å². The minimum absolute atomic E-state index is 0.0766. The van der Waals surface area contributed by atoms with Crippen molar-refractivity contribution in [2.24, 2.45) is 0 Å². The molecule has 0 fully saturated rings. The van der Waals surface area contributed by atoms with Gasteiger partial charge in [-0.05, 0) is 24.7 Å². The zero-order valence-electron chi connectivity index (χ0n) is 10.0. The second kappa shape index (κ2) is 7.66. The molecule has 0 radical (unpaired) electrons. The molecule has 0 atom stereocenters. The van der Waals surface area contributed by atoms with Gasteiger partial charge in [-0.25, -0.2) is 0 Å². The van der Waals surface area contributed by atoms with Gasteiger partial charge in [-0.1, -0.05) is 22.0 Å². The molecule has 1 aromatic rings. The van der Waals surface area contributed by atoms with E-state index in [-0.39, 0.29) is 6.61 Å². The Bertz CT molecular complexity index is 347. The lowest BCUT2D eigenvalue weighted by Gasteiger charge is -2.17. The van der Waals surface area contributed by atoms with E-state index in [1.165, 1.54) is 5.56 Å². The third-order valence-electron chi connectivity index (χ3n) is 2.37. The van der Waals surface area contributed by atoms with Crippen molar-refractivity contribution in [2.75, 3.05) is 39.1 Å². The Labute approximate surface area is 110 Å². The summed E-state index contributed by atoms with van der Waals surface area (Å²) in [6, 6.07) is 5.83. The summed E-state index contributed by atoms with van der Waals surface area (Å²) in [6.07, 6.45) is 0. The smallest absolute Gasteiger partial charge is 0.0698 e. The monoisotopic (exact) mass is 302 g/mol. The van der Waals surface area contributed by atoms with E-state index in [4.69, 9.17) is 15.6 Å². The molecule has 3 N–H and O–H groups in total. The number of nitrogens with two attached hydrogens (primary N) is 1. The van der Waals surface area contributed by atoms with E-state index in [9.17, 15) is 0 Å². The van der Waals surface area contributed by atoms with Gasteiger partial charge in [0, 0.05) is 23.2 Å². The summed E-state index contributed by atoms with van der Waals surface area (Å²) >= 11 is 3.50. The van der Waals surface area contributed by atoms with Gasteiger partial charge in [0.1, 0.15) is 0 Å². The lowest BCUT2D eigenvalue weighted by molar-refractivity contribution is 0.0772. The van der Waals surface area contributed by atoms with E-state index >= 15 is 0 Å². The number of hydrogen-bond donors (Lipinski definition) is 2. The first-order chi connectivity index (χ1) is 8.13. The number of nitrogen functional groups attached to an aromatic ring is 1. The summed E-state index contributed by atoms with van der Waals surface area (Å²) in [5, 5.41) is 8.57. The fourth-order valence-corrected chi connectivity index (χ4v) is 1.97. The zero-order chi connectivity index (χ0) is 12.7. The van der Waals surface area contributed by atoms with Gasteiger partial charge >= 0.3 is 0 Å².